The molecule has 2 aromatic carbocycles. The minimum atomic E-state index is -3.56. The van der Waals surface area contributed by atoms with Crippen molar-refractivity contribution in [3.8, 4) is 0 Å². The molecule has 0 heterocycles. The number of benzene rings is 2. The van der Waals surface area contributed by atoms with E-state index in [0.717, 1.165) is 17.2 Å². The minimum Gasteiger partial charge on any atom is -0.312 e. The molecule has 0 aromatic heterocycles. The molecule has 0 saturated carbocycles. The van der Waals surface area contributed by atoms with Gasteiger partial charge in [-0.15, -0.1) is 0 Å². The van der Waals surface area contributed by atoms with Gasteiger partial charge >= 0.3 is 0 Å². The summed E-state index contributed by atoms with van der Waals surface area (Å²) in [5, 5.41) is 3.01. The van der Waals surface area contributed by atoms with Gasteiger partial charge in [0.1, 0.15) is 5.82 Å². The van der Waals surface area contributed by atoms with Crippen LogP contribution in [0.2, 0.25) is 0 Å². The Balaban J connectivity index is 2.29. The fourth-order valence-electron chi connectivity index (χ4n) is 2.21. The fraction of sp³-hybridized carbons (Fsp3) is 0.250. The van der Waals surface area contributed by atoms with Crippen LogP contribution < -0.4 is 5.32 Å². The van der Waals surface area contributed by atoms with Crippen molar-refractivity contribution < 1.29 is 12.8 Å². The van der Waals surface area contributed by atoms with Crippen LogP contribution in [0.15, 0.2) is 53.4 Å². The zero-order chi connectivity index (χ0) is 15.5. The van der Waals surface area contributed by atoms with Crippen LogP contribution in [-0.4, -0.2) is 21.2 Å². The summed E-state index contributed by atoms with van der Waals surface area (Å²) in [4.78, 5) is 0.00963. The average molecular weight is 307 g/mol. The Labute approximate surface area is 124 Å². The van der Waals surface area contributed by atoms with Crippen LogP contribution in [0, 0.1) is 12.7 Å². The lowest BCUT2D eigenvalue weighted by Gasteiger charge is -2.17. The molecule has 0 aliphatic heterocycles. The summed E-state index contributed by atoms with van der Waals surface area (Å²) < 4.78 is 38.0. The molecule has 0 aliphatic carbocycles. The second kappa shape index (κ2) is 6.37. The first-order valence-electron chi connectivity index (χ1n) is 6.64. The van der Waals surface area contributed by atoms with Crippen LogP contribution in [0.1, 0.15) is 17.2 Å². The van der Waals surface area contributed by atoms with Gasteiger partial charge in [0.25, 0.3) is 0 Å². The van der Waals surface area contributed by atoms with Gasteiger partial charge in [-0.1, -0.05) is 35.9 Å². The summed E-state index contributed by atoms with van der Waals surface area (Å²) in [6, 6.07) is 12.5. The van der Waals surface area contributed by atoms with Crippen LogP contribution in [0.5, 0.6) is 0 Å². The number of halogens is 1. The molecule has 1 N–H and O–H groups in total. The molecule has 2 rings (SSSR count). The van der Waals surface area contributed by atoms with Crippen molar-refractivity contribution in [2.75, 3.05) is 12.8 Å². The first-order valence-corrected chi connectivity index (χ1v) is 8.30. The molecular formula is C16H18FNO2S. The van der Waals surface area contributed by atoms with Gasteiger partial charge in [0.05, 0.1) is 10.6 Å². The lowest BCUT2D eigenvalue weighted by atomic mass is 10.1. The quantitative estimate of drug-likeness (QED) is 0.924. The zero-order valence-corrected chi connectivity index (χ0v) is 12.8. The van der Waals surface area contributed by atoms with Gasteiger partial charge in [0, 0.05) is 6.04 Å². The van der Waals surface area contributed by atoms with Crippen LogP contribution in [0.25, 0.3) is 0 Å². The van der Waals surface area contributed by atoms with Crippen molar-refractivity contribution in [2.45, 2.75) is 17.9 Å². The van der Waals surface area contributed by atoms with Crippen molar-refractivity contribution in [1.82, 2.24) is 5.32 Å². The predicted octanol–water partition coefficient (Wildman–Crippen LogP) is 2.87. The van der Waals surface area contributed by atoms with E-state index in [1.165, 1.54) is 18.2 Å². The summed E-state index contributed by atoms with van der Waals surface area (Å²) in [5.41, 5.74) is 1.97. The summed E-state index contributed by atoms with van der Waals surface area (Å²) in [6.45, 7) is 1.96. The van der Waals surface area contributed by atoms with E-state index in [-0.39, 0.29) is 16.7 Å². The molecule has 0 bridgehead atoms. The smallest absolute Gasteiger partial charge is 0.180 e. The molecule has 1 unspecified atom stereocenters. The minimum absolute atomic E-state index is 0.00963. The molecular weight excluding hydrogens is 289 g/mol. The molecule has 0 radical (unpaired) electrons. The molecule has 3 nitrogen and oxygen atoms in total. The number of sulfone groups is 1. The van der Waals surface area contributed by atoms with E-state index >= 15 is 0 Å². The van der Waals surface area contributed by atoms with E-state index < -0.39 is 15.7 Å². The molecule has 0 spiro atoms. The van der Waals surface area contributed by atoms with Crippen LogP contribution >= 0.6 is 0 Å². The number of aryl methyl sites for hydroxylation is 1. The summed E-state index contributed by atoms with van der Waals surface area (Å²) >= 11 is 0. The second-order valence-electron chi connectivity index (χ2n) is 4.99. The van der Waals surface area contributed by atoms with Crippen LogP contribution in [0.3, 0.4) is 0 Å². The first-order chi connectivity index (χ1) is 9.92. The predicted molar refractivity (Wildman–Crippen MR) is 81.4 cm³/mol. The maximum Gasteiger partial charge on any atom is 0.180 e. The Bertz CT molecular complexity index is 729. The molecule has 0 aliphatic rings. The number of rotatable bonds is 5. The van der Waals surface area contributed by atoms with E-state index in [2.05, 4.69) is 5.32 Å². The fourth-order valence-corrected chi connectivity index (χ4v) is 3.78. The Morgan fingerprint density at radius 1 is 1.14 bits per heavy atom. The van der Waals surface area contributed by atoms with E-state index in [4.69, 9.17) is 0 Å². The van der Waals surface area contributed by atoms with E-state index in [0.29, 0.717) is 0 Å². The number of hydrogen-bond acceptors (Lipinski definition) is 3. The summed E-state index contributed by atoms with van der Waals surface area (Å²) in [5.74, 6) is -0.663. The maximum atomic E-state index is 13.2. The molecule has 0 saturated heterocycles. The van der Waals surface area contributed by atoms with E-state index in [1.807, 2.05) is 31.2 Å². The highest BCUT2D eigenvalue weighted by Crippen LogP contribution is 2.21. The Morgan fingerprint density at radius 2 is 1.86 bits per heavy atom. The normalized spacial score (nSPS) is 13.1. The molecule has 112 valence electrons. The highest BCUT2D eigenvalue weighted by molar-refractivity contribution is 7.91. The largest absolute Gasteiger partial charge is 0.312 e. The first kappa shape index (κ1) is 15.7. The molecule has 5 heteroatoms. The van der Waals surface area contributed by atoms with Gasteiger partial charge in [-0.2, -0.15) is 0 Å². The van der Waals surface area contributed by atoms with Crippen molar-refractivity contribution in [2.24, 2.45) is 0 Å². The summed E-state index contributed by atoms with van der Waals surface area (Å²) in [6.07, 6.45) is 0. The van der Waals surface area contributed by atoms with Gasteiger partial charge in [-0.3, -0.25) is 0 Å². The lowest BCUT2D eigenvalue weighted by Crippen LogP contribution is -2.25. The van der Waals surface area contributed by atoms with Crippen LogP contribution in [-0.2, 0) is 9.84 Å². The Morgan fingerprint density at radius 3 is 2.48 bits per heavy atom. The molecule has 0 fully saturated rings. The number of hydrogen-bond donors (Lipinski definition) is 1. The van der Waals surface area contributed by atoms with Gasteiger partial charge in [0.2, 0.25) is 0 Å². The average Bonchev–Trinajstić information content (AvgIpc) is 2.45. The van der Waals surface area contributed by atoms with Gasteiger partial charge < -0.3 is 5.32 Å². The third-order valence-electron chi connectivity index (χ3n) is 3.33. The highest BCUT2D eigenvalue weighted by atomic mass is 32.2. The molecule has 21 heavy (non-hydrogen) atoms. The standard InChI is InChI=1S/C16H18FNO2S/c1-12-5-3-6-13(9-12)16(18-2)11-21(19,20)15-8-4-7-14(17)10-15/h3-10,16,18H,11H2,1-2H3. The van der Waals surface area contributed by atoms with Gasteiger partial charge in [-0.25, -0.2) is 12.8 Å². The SMILES string of the molecule is CNC(CS(=O)(=O)c1cccc(F)c1)c1cccc(C)c1. The van der Waals surface area contributed by atoms with Gasteiger partial charge in [-0.05, 0) is 37.7 Å². The van der Waals surface area contributed by atoms with Crippen molar-refractivity contribution in [1.29, 1.82) is 0 Å². The van der Waals surface area contributed by atoms with Crippen molar-refractivity contribution in [3.05, 3.63) is 65.5 Å². The zero-order valence-electron chi connectivity index (χ0n) is 12.0. The van der Waals surface area contributed by atoms with E-state index in [9.17, 15) is 12.8 Å². The third kappa shape index (κ3) is 3.89. The second-order valence-corrected chi connectivity index (χ2v) is 7.03. The van der Waals surface area contributed by atoms with Crippen molar-refractivity contribution in [3.63, 3.8) is 0 Å². The lowest BCUT2D eigenvalue weighted by molar-refractivity contribution is 0.571. The number of nitrogens with one attached hydrogen (secondary N) is 1. The van der Waals surface area contributed by atoms with Crippen molar-refractivity contribution >= 4 is 9.84 Å². The molecule has 2 aromatic rings. The molecule has 1 atom stereocenters. The Kier molecular flexibility index (Phi) is 4.75. The highest BCUT2D eigenvalue weighted by Gasteiger charge is 2.22. The summed E-state index contributed by atoms with van der Waals surface area (Å²) in [7, 11) is -1.84. The monoisotopic (exact) mass is 307 g/mol. The van der Waals surface area contributed by atoms with Crippen LogP contribution in [0.4, 0.5) is 4.39 Å². The molecule has 0 amide bonds. The Hall–Kier alpha value is -1.72. The third-order valence-corrected chi connectivity index (χ3v) is 5.08. The van der Waals surface area contributed by atoms with Gasteiger partial charge in [0.15, 0.2) is 9.84 Å². The van der Waals surface area contributed by atoms with E-state index in [1.54, 1.807) is 7.05 Å². The topological polar surface area (TPSA) is 46.2 Å². The maximum absolute atomic E-state index is 13.2.